The molecule has 3 aromatic rings. The maximum Gasteiger partial charge on any atom is 0.340 e. The highest BCUT2D eigenvalue weighted by atomic mass is 16.6. The normalized spacial score (nSPS) is 23.8. The summed E-state index contributed by atoms with van der Waals surface area (Å²) in [5.74, 6) is 0.706. The number of fused-ring (bicyclic) bond motifs is 5. The molecule has 4 atom stereocenters. The molecular formula is C50H66O14. The van der Waals surface area contributed by atoms with E-state index in [2.05, 4.69) is 13.2 Å². The Balaban J connectivity index is 1.53. The van der Waals surface area contributed by atoms with Crippen LogP contribution in [0.1, 0.15) is 77.0 Å². The van der Waals surface area contributed by atoms with Crippen molar-refractivity contribution in [2.45, 2.75) is 84.1 Å². The van der Waals surface area contributed by atoms with Gasteiger partial charge in [-0.15, -0.1) is 0 Å². The molecule has 0 N–H and O–H groups in total. The van der Waals surface area contributed by atoms with Crippen molar-refractivity contribution in [3.8, 4) is 11.5 Å². The Labute approximate surface area is 377 Å². The fraction of sp³-hybridized carbons (Fsp3) is 0.540. The number of hydrogen-bond donors (Lipinski definition) is 0. The van der Waals surface area contributed by atoms with E-state index in [9.17, 15) is 4.79 Å². The van der Waals surface area contributed by atoms with E-state index in [0.717, 1.165) is 22.3 Å². The van der Waals surface area contributed by atoms with E-state index in [1.54, 1.807) is 18.2 Å². The molecule has 0 aromatic heterocycles. The van der Waals surface area contributed by atoms with Gasteiger partial charge in [0.05, 0.1) is 136 Å². The molecule has 0 aliphatic carbocycles. The van der Waals surface area contributed by atoms with Crippen LogP contribution in [0, 0.1) is 0 Å². The predicted molar refractivity (Wildman–Crippen MR) is 238 cm³/mol. The van der Waals surface area contributed by atoms with Gasteiger partial charge in [0.2, 0.25) is 0 Å². The van der Waals surface area contributed by atoms with E-state index in [1.807, 2.05) is 70.2 Å². The number of cyclic esters (lactones) is 1. The first kappa shape index (κ1) is 49.2. The Morgan fingerprint density at radius 1 is 0.547 bits per heavy atom. The van der Waals surface area contributed by atoms with E-state index < -0.39 is 11.6 Å². The average molecular weight is 891 g/mol. The molecule has 0 radical (unpaired) electrons. The van der Waals surface area contributed by atoms with Crippen molar-refractivity contribution >= 4 is 5.97 Å². The molecule has 0 saturated heterocycles. The molecule has 3 heterocycles. The van der Waals surface area contributed by atoms with Crippen LogP contribution in [0.25, 0.3) is 0 Å². The standard InChI is InChI=1S/C50H66O14/c1-7-13-62-47-39-23-43(24-40(47)32-55-28-36(4)59-20-16-52-15-19-58-35(3)27-54-31-39)50(46-12-10-9-11-45(46)49(51)64-50)44-25-41-33-56-29-37(5)60-21-17-53-18-22-61-38(6)30-57-34-42(26-44)48(41)63-14-8-2/h7-12,23-26,35-38H,1-2,13-22,27-34H2,3-6H3/t35-,36-,37-,38-/m0/s1. The largest absolute Gasteiger partial charge is 0.489 e. The van der Waals surface area contributed by atoms with Crippen LogP contribution in [0.4, 0.5) is 0 Å². The lowest BCUT2D eigenvalue weighted by molar-refractivity contribution is -0.0553. The lowest BCUT2D eigenvalue weighted by atomic mass is 9.77. The molecule has 3 aliphatic rings. The highest BCUT2D eigenvalue weighted by Crippen LogP contribution is 2.50. The van der Waals surface area contributed by atoms with Crippen LogP contribution in [0.2, 0.25) is 0 Å². The Kier molecular flexibility index (Phi) is 19.6. The minimum Gasteiger partial charge on any atom is -0.489 e. The highest BCUT2D eigenvalue weighted by molar-refractivity contribution is 5.96. The summed E-state index contributed by atoms with van der Waals surface area (Å²) in [5.41, 5.74) is 3.84. The molecule has 4 bridgehead atoms. The molecule has 3 aromatic carbocycles. The van der Waals surface area contributed by atoms with Crippen molar-refractivity contribution in [3.63, 3.8) is 0 Å². The van der Waals surface area contributed by atoms with Gasteiger partial charge in [0.1, 0.15) is 24.7 Å². The van der Waals surface area contributed by atoms with Crippen LogP contribution < -0.4 is 9.47 Å². The molecular weight excluding hydrogens is 825 g/mol. The summed E-state index contributed by atoms with van der Waals surface area (Å²) in [6, 6.07) is 15.4. The smallest absolute Gasteiger partial charge is 0.340 e. The van der Waals surface area contributed by atoms with E-state index in [-0.39, 0.29) is 64.1 Å². The number of benzene rings is 3. The van der Waals surface area contributed by atoms with Crippen molar-refractivity contribution in [1.82, 2.24) is 0 Å². The minimum absolute atomic E-state index is 0.155. The van der Waals surface area contributed by atoms with Gasteiger partial charge in [-0.2, -0.15) is 0 Å². The molecule has 14 heteroatoms. The summed E-state index contributed by atoms with van der Waals surface area (Å²) in [4.78, 5) is 14.2. The van der Waals surface area contributed by atoms with Gasteiger partial charge < -0.3 is 61.6 Å². The Morgan fingerprint density at radius 2 is 0.906 bits per heavy atom. The van der Waals surface area contributed by atoms with Gasteiger partial charge in [-0.3, -0.25) is 0 Å². The molecule has 64 heavy (non-hydrogen) atoms. The van der Waals surface area contributed by atoms with Crippen LogP contribution in [0.15, 0.2) is 73.8 Å². The molecule has 0 amide bonds. The molecule has 14 nitrogen and oxygen atoms in total. The van der Waals surface area contributed by atoms with Gasteiger partial charge in [-0.25, -0.2) is 4.79 Å². The first-order valence-electron chi connectivity index (χ1n) is 22.3. The van der Waals surface area contributed by atoms with Crippen molar-refractivity contribution in [2.24, 2.45) is 0 Å². The van der Waals surface area contributed by atoms with Crippen LogP contribution in [0.3, 0.4) is 0 Å². The van der Waals surface area contributed by atoms with Crippen molar-refractivity contribution in [1.29, 1.82) is 0 Å². The number of carbonyl (C=O) groups excluding carboxylic acids is 1. The van der Waals surface area contributed by atoms with Crippen LogP contribution in [0.5, 0.6) is 11.5 Å². The Morgan fingerprint density at radius 3 is 1.27 bits per heavy atom. The maximum absolute atomic E-state index is 14.2. The third-order valence-corrected chi connectivity index (χ3v) is 10.7. The fourth-order valence-electron chi connectivity index (χ4n) is 7.78. The van der Waals surface area contributed by atoms with Crippen molar-refractivity contribution < 1.29 is 66.4 Å². The zero-order valence-electron chi connectivity index (χ0n) is 37.9. The van der Waals surface area contributed by atoms with Gasteiger partial charge in [-0.05, 0) is 58.0 Å². The van der Waals surface area contributed by atoms with E-state index in [4.69, 9.17) is 61.6 Å². The summed E-state index contributed by atoms with van der Waals surface area (Å²) in [6.45, 7) is 21.4. The quantitative estimate of drug-likeness (QED) is 0.169. The highest BCUT2D eigenvalue weighted by Gasteiger charge is 2.49. The SMILES string of the molecule is C=CCOc1c2cc(C3(c4cc5c(OCC=C)c(c4)COC[C@H](C)OCCOCCO[C@@H](C)COC5)OC(=O)c4ccccc43)cc1COC[C@H](C)OCCOCCO[C@@H](C)COC2. The molecule has 0 unspecified atom stereocenters. The van der Waals surface area contributed by atoms with E-state index in [0.29, 0.717) is 113 Å². The maximum atomic E-state index is 14.2. The second kappa shape index (κ2) is 25.5. The van der Waals surface area contributed by atoms with Gasteiger partial charge >= 0.3 is 5.97 Å². The molecule has 0 spiro atoms. The first-order valence-corrected chi connectivity index (χ1v) is 22.3. The van der Waals surface area contributed by atoms with Gasteiger partial charge in [0.25, 0.3) is 0 Å². The van der Waals surface area contributed by atoms with Crippen LogP contribution in [-0.4, -0.2) is 123 Å². The zero-order chi connectivity index (χ0) is 45.2. The summed E-state index contributed by atoms with van der Waals surface area (Å²) in [7, 11) is 0. The van der Waals surface area contributed by atoms with E-state index in [1.165, 1.54) is 0 Å². The number of rotatable bonds is 8. The second-order valence-electron chi connectivity index (χ2n) is 16.1. The molecule has 6 rings (SSSR count). The lowest BCUT2D eigenvalue weighted by Gasteiger charge is -2.33. The Bertz CT molecular complexity index is 1760. The lowest BCUT2D eigenvalue weighted by Crippen LogP contribution is -2.31. The third kappa shape index (κ3) is 13.4. The minimum atomic E-state index is -1.47. The number of carbonyl (C=O) groups is 1. The number of ether oxygens (including phenoxy) is 13. The zero-order valence-corrected chi connectivity index (χ0v) is 37.9. The second-order valence-corrected chi connectivity index (χ2v) is 16.1. The summed E-state index contributed by atoms with van der Waals surface area (Å²) in [6.07, 6.45) is 2.53. The average Bonchev–Trinajstić information content (AvgIpc) is 3.59. The molecule has 0 fully saturated rings. The molecule has 350 valence electrons. The predicted octanol–water partition coefficient (Wildman–Crippen LogP) is 7.03. The summed E-state index contributed by atoms with van der Waals surface area (Å²) < 4.78 is 80.4. The van der Waals surface area contributed by atoms with E-state index >= 15 is 0 Å². The van der Waals surface area contributed by atoms with Crippen LogP contribution >= 0.6 is 0 Å². The Hall–Kier alpha value is -4.19. The van der Waals surface area contributed by atoms with Gasteiger partial charge in [0, 0.05) is 38.9 Å². The first-order chi connectivity index (χ1) is 31.2. The molecule has 3 aliphatic heterocycles. The van der Waals surface area contributed by atoms with Crippen LogP contribution in [-0.2, 0) is 84.1 Å². The van der Waals surface area contributed by atoms with Gasteiger partial charge in [-0.1, -0.05) is 43.5 Å². The topological polar surface area (TPSA) is 137 Å². The summed E-state index contributed by atoms with van der Waals surface area (Å²) >= 11 is 0. The summed E-state index contributed by atoms with van der Waals surface area (Å²) in [5, 5.41) is 0. The van der Waals surface area contributed by atoms with Gasteiger partial charge in [0.15, 0.2) is 5.60 Å². The number of esters is 1. The third-order valence-electron chi connectivity index (χ3n) is 10.7. The fourth-order valence-corrected chi connectivity index (χ4v) is 7.78. The molecule has 0 saturated carbocycles. The number of hydrogen-bond acceptors (Lipinski definition) is 14. The van der Waals surface area contributed by atoms with Crippen molar-refractivity contribution in [3.05, 3.63) is 118 Å². The monoisotopic (exact) mass is 890 g/mol. The van der Waals surface area contributed by atoms with Crippen molar-refractivity contribution in [2.75, 3.05) is 92.5 Å².